The van der Waals surface area contributed by atoms with Gasteiger partial charge in [-0.05, 0) is 29.5 Å². The minimum Gasteiger partial charge on any atom is -0.423 e. The second-order valence-electron chi connectivity index (χ2n) is 6.03. The standard InChI is InChI=1S/C16H19N7O2/c1-12-18-19-20-23(12)7-6-15(24)21-8-10-22(11-9-21)16-17-13-4-2-3-5-14(13)25-16/h2-5H,6-11H2,1H3. The summed E-state index contributed by atoms with van der Waals surface area (Å²) in [6.45, 7) is 5.07. The Kier molecular flexibility index (Phi) is 4.04. The van der Waals surface area contributed by atoms with Crippen molar-refractivity contribution in [3.05, 3.63) is 30.1 Å². The molecule has 1 aliphatic rings. The van der Waals surface area contributed by atoms with E-state index in [4.69, 9.17) is 4.42 Å². The lowest BCUT2D eigenvalue weighted by Crippen LogP contribution is -2.49. The summed E-state index contributed by atoms with van der Waals surface area (Å²) in [4.78, 5) is 20.8. The van der Waals surface area contributed by atoms with Crippen molar-refractivity contribution in [2.75, 3.05) is 31.1 Å². The molecule has 130 valence electrons. The second-order valence-corrected chi connectivity index (χ2v) is 6.03. The number of hydrogen-bond donors (Lipinski definition) is 0. The van der Waals surface area contributed by atoms with Crippen molar-refractivity contribution in [2.24, 2.45) is 0 Å². The summed E-state index contributed by atoms with van der Waals surface area (Å²) in [5.74, 6) is 0.834. The fourth-order valence-electron chi connectivity index (χ4n) is 2.96. The van der Waals surface area contributed by atoms with Crippen LogP contribution in [0.4, 0.5) is 6.01 Å². The lowest BCUT2D eigenvalue weighted by Gasteiger charge is -2.33. The van der Waals surface area contributed by atoms with Gasteiger partial charge < -0.3 is 14.2 Å². The molecule has 1 fully saturated rings. The van der Waals surface area contributed by atoms with Crippen LogP contribution < -0.4 is 4.90 Å². The largest absolute Gasteiger partial charge is 0.423 e. The highest BCUT2D eigenvalue weighted by Gasteiger charge is 2.24. The average molecular weight is 341 g/mol. The Balaban J connectivity index is 1.33. The molecule has 9 heteroatoms. The molecule has 25 heavy (non-hydrogen) atoms. The molecule has 0 saturated carbocycles. The molecule has 0 spiro atoms. The third-order valence-corrected chi connectivity index (χ3v) is 4.43. The number of para-hydroxylation sites is 2. The highest BCUT2D eigenvalue weighted by molar-refractivity contribution is 5.77. The van der Waals surface area contributed by atoms with Crippen LogP contribution in [0.2, 0.25) is 0 Å². The number of hydrogen-bond acceptors (Lipinski definition) is 7. The number of carbonyl (C=O) groups excluding carboxylic acids is 1. The number of anilines is 1. The van der Waals surface area contributed by atoms with Crippen LogP contribution in [0.5, 0.6) is 0 Å². The van der Waals surface area contributed by atoms with Gasteiger partial charge in [0.1, 0.15) is 11.3 Å². The highest BCUT2D eigenvalue weighted by atomic mass is 16.4. The van der Waals surface area contributed by atoms with Gasteiger partial charge in [0.15, 0.2) is 5.58 Å². The van der Waals surface area contributed by atoms with Crippen LogP contribution in [0.25, 0.3) is 11.1 Å². The minimum atomic E-state index is 0.118. The van der Waals surface area contributed by atoms with Crippen molar-refractivity contribution < 1.29 is 9.21 Å². The molecule has 1 aromatic carbocycles. The molecule has 1 saturated heterocycles. The minimum absolute atomic E-state index is 0.118. The van der Waals surface area contributed by atoms with E-state index in [1.165, 1.54) is 0 Å². The number of benzene rings is 1. The molecule has 1 aliphatic heterocycles. The Morgan fingerprint density at radius 1 is 1.20 bits per heavy atom. The number of piperazine rings is 1. The van der Waals surface area contributed by atoms with Crippen molar-refractivity contribution in [1.82, 2.24) is 30.1 Å². The third kappa shape index (κ3) is 3.17. The maximum atomic E-state index is 12.4. The predicted octanol–water partition coefficient (Wildman–Crippen LogP) is 0.862. The predicted molar refractivity (Wildman–Crippen MR) is 90.0 cm³/mol. The molecule has 0 N–H and O–H groups in total. The number of carbonyl (C=O) groups is 1. The summed E-state index contributed by atoms with van der Waals surface area (Å²) in [7, 11) is 0. The Hall–Kier alpha value is -2.97. The van der Waals surface area contributed by atoms with Gasteiger partial charge in [-0.15, -0.1) is 5.10 Å². The maximum Gasteiger partial charge on any atom is 0.298 e. The molecule has 0 aliphatic carbocycles. The molecule has 0 atom stereocenters. The Bertz CT molecular complexity index is 846. The van der Waals surface area contributed by atoms with Crippen molar-refractivity contribution >= 4 is 23.0 Å². The van der Waals surface area contributed by atoms with E-state index in [1.807, 2.05) is 36.1 Å². The molecular weight excluding hydrogens is 322 g/mol. The Labute approximate surface area is 144 Å². The van der Waals surface area contributed by atoms with E-state index >= 15 is 0 Å². The van der Waals surface area contributed by atoms with E-state index in [0.717, 1.165) is 11.1 Å². The summed E-state index contributed by atoms with van der Waals surface area (Å²) in [6, 6.07) is 8.34. The van der Waals surface area contributed by atoms with Crippen molar-refractivity contribution in [3.63, 3.8) is 0 Å². The summed E-state index contributed by atoms with van der Waals surface area (Å²) in [6.07, 6.45) is 0.398. The van der Waals surface area contributed by atoms with Crippen molar-refractivity contribution in [2.45, 2.75) is 19.9 Å². The molecular formula is C16H19N7O2. The molecule has 3 aromatic rings. The molecule has 3 heterocycles. The zero-order valence-corrected chi connectivity index (χ0v) is 14.0. The number of aromatic nitrogens is 5. The van der Waals surface area contributed by atoms with E-state index in [-0.39, 0.29) is 5.91 Å². The number of aryl methyl sites for hydroxylation is 2. The van der Waals surface area contributed by atoms with Crippen LogP contribution in [0, 0.1) is 6.92 Å². The van der Waals surface area contributed by atoms with E-state index in [1.54, 1.807) is 4.68 Å². The first-order valence-electron chi connectivity index (χ1n) is 8.32. The average Bonchev–Trinajstić information content (AvgIpc) is 3.25. The number of oxazole rings is 1. The number of rotatable bonds is 4. The quantitative estimate of drug-likeness (QED) is 0.695. The summed E-state index contributed by atoms with van der Waals surface area (Å²) >= 11 is 0. The zero-order valence-electron chi connectivity index (χ0n) is 14.0. The highest BCUT2D eigenvalue weighted by Crippen LogP contribution is 2.22. The molecule has 0 unspecified atom stereocenters. The second kappa shape index (κ2) is 6.50. The van der Waals surface area contributed by atoms with Crippen LogP contribution in [-0.2, 0) is 11.3 Å². The van der Waals surface area contributed by atoms with E-state index in [9.17, 15) is 4.79 Å². The number of fused-ring (bicyclic) bond motifs is 1. The zero-order chi connectivity index (χ0) is 17.2. The van der Waals surface area contributed by atoms with E-state index < -0.39 is 0 Å². The fraction of sp³-hybridized carbons (Fsp3) is 0.438. The van der Waals surface area contributed by atoms with Gasteiger partial charge in [0, 0.05) is 32.6 Å². The van der Waals surface area contributed by atoms with Gasteiger partial charge in [-0.1, -0.05) is 12.1 Å². The monoisotopic (exact) mass is 341 g/mol. The molecule has 9 nitrogen and oxygen atoms in total. The van der Waals surface area contributed by atoms with Gasteiger partial charge >= 0.3 is 0 Å². The topological polar surface area (TPSA) is 93.2 Å². The summed E-state index contributed by atoms with van der Waals surface area (Å²) in [5, 5.41) is 11.3. The van der Waals surface area contributed by atoms with Gasteiger partial charge in [-0.2, -0.15) is 4.98 Å². The smallest absolute Gasteiger partial charge is 0.298 e. The first-order chi connectivity index (χ1) is 12.2. The number of amides is 1. The van der Waals surface area contributed by atoms with Crippen LogP contribution in [0.15, 0.2) is 28.7 Å². The molecule has 0 bridgehead atoms. The summed E-state index contributed by atoms with van der Waals surface area (Å²) < 4.78 is 7.44. The lowest BCUT2D eigenvalue weighted by molar-refractivity contribution is -0.131. The van der Waals surface area contributed by atoms with Crippen LogP contribution >= 0.6 is 0 Å². The number of nitrogens with zero attached hydrogens (tertiary/aromatic N) is 7. The Morgan fingerprint density at radius 3 is 2.72 bits per heavy atom. The van der Waals surface area contributed by atoms with E-state index in [2.05, 4.69) is 25.4 Å². The molecule has 1 amide bonds. The van der Waals surface area contributed by atoms with Crippen molar-refractivity contribution in [1.29, 1.82) is 0 Å². The van der Waals surface area contributed by atoms with Gasteiger partial charge in [0.2, 0.25) is 5.91 Å². The van der Waals surface area contributed by atoms with Crippen molar-refractivity contribution in [3.8, 4) is 0 Å². The van der Waals surface area contributed by atoms with E-state index in [0.29, 0.717) is 51.0 Å². The van der Waals surface area contributed by atoms with Gasteiger partial charge in [-0.3, -0.25) is 4.79 Å². The van der Waals surface area contributed by atoms with Gasteiger partial charge in [-0.25, -0.2) is 4.68 Å². The first kappa shape index (κ1) is 15.6. The first-order valence-corrected chi connectivity index (χ1v) is 8.32. The fourth-order valence-corrected chi connectivity index (χ4v) is 2.96. The maximum absolute atomic E-state index is 12.4. The molecule has 4 rings (SSSR count). The van der Waals surface area contributed by atoms with Crippen LogP contribution in [0.3, 0.4) is 0 Å². The molecule has 0 radical (unpaired) electrons. The number of tetrazole rings is 1. The van der Waals surface area contributed by atoms with Gasteiger partial charge in [0.05, 0.1) is 6.54 Å². The van der Waals surface area contributed by atoms with Crippen LogP contribution in [0.1, 0.15) is 12.2 Å². The van der Waals surface area contributed by atoms with Gasteiger partial charge in [0.25, 0.3) is 6.01 Å². The third-order valence-electron chi connectivity index (χ3n) is 4.43. The molecule has 2 aromatic heterocycles. The normalized spacial score (nSPS) is 15.1. The Morgan fingerprint density at radius 2 is 2.00 bits per heavy atom. The SMILES string of the molecule is Cc1nnnn1CCC(=O)N1CCN(c2nc3ccccc3o2)CC1. The summed E-state index contributed by atoms with van der Waals surface area (Å²) in [5.41, 5.74) is 1.64. The lowest BCUT2D eigenvalue weighted by atomic mass is 10.3. The van der Waals surface area contributed by atoms with Crippen LogP contribution in [-0.4, -0.2) is 62.2 Å².